The minimum atomic E-state index is -1.04. The number of esters is 1. The molecular formula is C17H14BrNO5. The number of anilines is 1. The Bertz CT molecular complexity index is 774. The normalized spacial score (nSPS) is 33.2. The molecule has 2 bridgehead atoms. The van der Waals surface area contributed by atoms with Gasteiger partial charge in [0.2, 0.25) is 11.8 Å². The zero-order valence-electron chi connectivity index (χ0n) is 12.8. The van der Waals surface area contributed by atoms with Crippen LogP contribution in [0.15, 0.2) is 40.9 Å². The van der Waals surface area contributed by atoms with Gasteiger partial charge < -0.3 is 9.47 Å². The van der Waals surface area contributed by atoms with Crippen molar-refractivity contribution in [1.82, 2.24) is 0 Å². The van der Waals surface area contributed by atoms with Gasteiger partial charge >= 0.3 is 5.97 Å². The van der Waals surface area contributed by atoms with Crippen LogP contribution in [-0.4, -0.2) is 36.1 Å². The molecule has 2 amide bonds. The van der Waals surface area contributed by atoms with Gasteiger partial charge in [0, 0.05) is 11.4 Å². The van der Waals surface area contributed by atoms with Crippen molar-refractivity contribution in [3.8, 4) is 0 Å². The van der Waals surface area contributed by atoms with Gasteiger partial charge in [-0.25, -0.2) is 4.90 Å². The number of benzene rings is 1. The first-order chi connectivity index (χ1) is 11.4. The molecule has 24 heavy (non-hydrogen) atoms. The van der Waals surface area contributed by atoms with Crippen LogP contribution in [0.1, 0.15) is 6.92 Å². The van der Waals surface area contributed by atoms with Gasteiger partial charge in [0.05, 0.1) is 23.6 Å². The van der Waals surface area contributed by atoms with Crippen LogP contribution in [0.4, 0.5) is 5.69 Å². The van der Waals surface area contributed by atoms with Crippen molar-refractivity contribution < 1.29 is 23.9 Å². The van der Waals surface area contributed by atoms with Crippen molar-refractivity contribution in [3.05, 3.63) is 40.9 Å². The topological polar surface area (TPSA) is 72.9 Å². The van der Waals surface area contributed by atoms with Gasteiger partial charge in [-0.1, -0.05) is 22.0 Å². The van der Waals surface area contributed by atoms with Gasteiger partial charge in [-0.2, -0.15) is 0 Å². The minimum absolute atomic E-state index is 0.0658. The van der Waals surface area contributed by atoms with E-state index in [0.29, 0.717) is 5.69 Å². The first-order valence-corrected chi connectivity index (χ1v) is 8.36. The zero-order chi connectivity index (χ0) is 17.1. The minimum Gasteiger partial charge on any atom is -0.462 e. The van der Waals surface area contributed by atoms with Crippen molar-refractivity contribution in [2.45, 2.75) is 18.6 Å². The molecule has 0 N–H and O–H groups in total. The standard InChI is InChI=1S/C17H14BrNO5/c1-9(20)23-8-17-7-6-12(24-17)13-14(17)16(22)19(15(13)21)11-4-2-10(18)3-5-11/h2-7,12-14H,8H2,1H3/t12-,13+,14-,17-/m1/s1. The molecule has 2 saturated heterocycles. The van der Waals surface area contributed by atoms with Crippen LogP contribution in [0.25, 0.3) is 0 Å². The van der Waals surface area contributed by atoms with E-state index in [1.807, 2.05) is 0 Å². The largest absolute Gasteiger partial charge is 0.462 e. The molecule has 1 aromatic rings. The van der Waals surface area contributed by atoms with Gasteiger partial charge in [0.25, 0.3) is 0 Å². The van der Waals surface area contributed by atoms with Crippen molar-refractivity contribution >= 4 is 39.4 Å². The van der Waals surface area contributed by atoms with Gasteiger partial charge in [0.15, 0.2) is 0 Å². The van der Waals surface area contributed by atoms with E-state index in [9.17, 15) is 14.4 Å². The lowest BCUT2D eigenvalue weighted by Gasteiger charge is -2.28. The summed E-state index contributed by atoms with van der Waals surface area (Å²) < 4.78 is 11.8. The maximum atomic E-state index is 13.0. The molecule has 3 aliphatic heterocycles. The summed E-state index contributed by atoms with van der Waals surface area (Å²) in [6, 6.07) is 7.00. The molecule has 0 aromatic heterocycles. The molecule has 2 fully saturated rings. The Morgan fingerprint density at radius 3 is 2.67 bits per heavy atom. The van der Waals surface area contributed by atoms with Crippen LogP contribution in [0, 0.1) is 11.8 Å². The average Bonchev–Trinajstić information content (AvgIpc) is 3.18. The van der Waals surface area contributed by atoms with Gasteiger partial charge in [-0.3, -0.25) is 14.4 Å². The van der Waals surface area contributed by atoms with E-state index in [1.165, 1.54) is 11.8 Å². The average molecular weight is 392 g/mol. The van der Waals surface area contributed by atoms with Crippen molar-refractivity contribution in [2.75, 3.05) is 11.5 Å². The van der Waals surface area contributed by atoms with E-state index >= 15 is 0 Å². The van der Waals surface area contributed by atoms with Crippen molar-refractivity contribution in [2.24, 2.45) is 11.8 Å². The third kappa shape index (κ3) is 2.08. The molecule has 6 nitrogen and oxygen atoms in total. The quantitative estimate of drug-likeness (QED) is 0.446. The summed E-state index contributed by atoms with van der Waals surface area (Å²) in [7, 11) is 0. The molecule has 0 saturated carbocycles. The van der Waals surface area contributed by atoms with Crippen molar-refractivity contribution in [3.63, 3.8) is 0 Å². The fourth-order valence-electron chi connectivity index (χ4n) is 3.73. The number of ether oxygens (including phenoxy) is 2. The Morgan fingerprint density at radius 1 is 1.29 bits per heavy atom. The predicted molar refractivity (Wildman–Crippen MR) is 87.0 cm³/mol. The van der Waals surface area contributed by atoms with E-state index in [4.69, 9.17) is 9.47 Å². The molecule has 0 aliphatic carbocycles. The summed E-state index contributed by atoms with van der Waals surface area (Å²) in [5.41, 5.74) is -0.512. The molecule has 4 rings (SSSR count). The number of nitrogens with zero attached hydrogens (tertiary/aromatic N) is 1. The van der Waals surface area contributed by atoms with E-state index < -0.39 is 29.5 Å². The fourth-order valence-corrected chi connectivity index (χ4v) is 3.99. The van der Waals surface area contributed by atoms with E-state index in [0.717, 1.165) is 4.47 Å². The number of imide groups is 1. The highest BCUT2D eigenvalue weighted by molar-refractivity contribution is 9.10. The van der Waals surface area contributed by atoms with Crippen LogP contribution in [0.5, 0.6) is 0 Å². The molecule has 0 radical (unpaired) electrons. The number of amides is 2. The number of carbonyl (C=O) groups excluding carboxylic acids is 3. The smallest absolute Gasteiger partial charge is 0.302 e. The Morgan fingerprint density at radius 2 is 2.00 bits per heavy atom. The van der Waals surface area contributed by atoms with E-state index in [-0.39, 0.29) is 18.4 Å². The summed E-state index contributed by atoms with van der Waals surface area (Å²) in [6.07, 6.45) is 3.07. The molecule has 1 aromatic carbocycles. The molecular weight excluding hydrogens is 378 g/mol. The second kappa shape index (κ2) is 5.26. The van der Waals surface area contributed by atoms with Crippen LogP contribution in [-0.2, 0) is 23.9 Å². The maximum absolute atomic E-state index is 13.0. The highest BCUT2D eigenvalue weighted by Gasteiger charge is 2.68. The highest BCUT2D eigenvalue weighted by atomic mass is 79.9. The van der Waals surface area contributed by atoms with Gasteiger partial charge in [0.1, 0.15) is 12.2 Å². The van der Waals surface area contributed by atoms with Crippen LogP contribution < -0.4 is 4.90 Å². The second-order valence-electron chi connectivity index (χ2n) is 6.17. The number of fused-ring (bicyclic) bond motifs is 5. The summed E-state index contributed by atoms with van der Waals surface area (Å²) in [5, 5.41) is 0. The molecule has 4 atom stereocenters. The highest BCUT2D eigenvalue weighted by Crippen LogP contribution is 2.52. The Balaban J connectivity index is 1.69. The Hall–Kier alpha value is -1.99. The lowest BCUT2D eigenvalue weighted by Crippen LogP contribution is -2.44. The summed E-state index contributed by atoms with van der Waals surface area (Å²) in [6.45, 7) is 1.23. The summed E-state index contributed by atoms with van der Waals surface area (Å²) in [4.78, 5) is 38.2. The molecule has 3 heterocycles. The summed E-state index contributed by atoms with van der Waals surface area (Å²) >= 11 is 3.34. The fraction of sp³-hybridized carbons (Fsp3) is 0.353. The second-order valence-corrected chi connectivity index (χ2v) is 7.08. The molecule has 7 heteroatoms. The maximum Gasteiger partial charge on any atom is 0.302 e. The lowest BCUT2D eigenvalue weighted by atomic mass is 9.77. The molecule has 3 aliphatic rings. The SMILES string of the molecule is CC(=O)OC[C@@]12C=C[C@@H](O1)[C@@H]1C(=O)N(c3ccc(Br)cc3)C(=O)[C@@H]12. The van der Waals surface area contributed by atoms with Crippen LogP contribution in [0.2, 0.25) is 0 Å². The molecule has 0 spiro atoms. The van der Waals surface area contributed by atoms with E-state index in [1.54, 1.807) is 36.4 Å². The first kappa shape index (κ1) is 15.5. The zero-order valence-corrected chi connectivity index (χ0v) is 14.4. The molecule has 124 valence electrons. The van der Waals surface area contributed by atoms with Gasteiger partial charge in [-0.05, 0) is 30.3 Å². The third-order valence-electron chi connectivity index (χ3n) is 4.74. The number of carbonyl (C=O) groups is 3. The Kier molecular flexibility index (Phi) is 3.40. The first-order valence-electron chi connectivity index (χ1n) is 7.57. The number of hydrogen-bond acceptors (Lipinski definition) is 5. The lowest BCUT2D eigenvalue weighted by molar-refractivity contribution is -0.150. The Labute approximate surface area is 146 Å². The van der Waals surface area contributed by atoms with Crippen molar-refractivity contribution in [1.29, 1.82) is 0 Å². The number of hydrogen-bond donors (Lipinski definition) is 0. The monoisotopic (exact) mass is 391 g/mol. The molecule has 0 unspecified atom stereocenters. The van der Waals surface area contributed by atoms with Crippen LogP contribution in [0.3, 0.4) is 0 Å². The predicted octanol–water partition coefficient (Wildman–Crippen LogP) is 1.83. The van der Waals surface area contributed by atoms with Gasteiger partial charge in [-0.15, -0.1) is 0 Å². The summed E-state index contributed by atoms with van der Waals surface area (Å²) in [5.74, 6) is -2.27. The van der Waals surface area contributed by atoms with Crippen LogP contribution >= 0.6 is 15.9 Å². The number of rotatable bonds is 3. The number of halogens is 1. The third-order valence-corrected chi connectivity index (χ3v) is 5.27. The van der Waals surface area contributed by atoms with E-state index in [2.05, 4.69) is 15.9 Å².